The molecule has 0 rings (SSSR count). The summed E-state index contributed by atoms with van der Waals surface area (Å²) in [4.78, 5) is 12.4. The second kappa shape index (κ2) is 10.7. The van der Waals surface area contributed by atoms with Crippen molar-refractivity contribution >= 4 is 22.8 Å². The van der Waals surface area contributed by atoms with E-state index in [9.17, 15) is 4.79 Å². The third-order valence-corrected chi connectivity index (χ3v) is 14.1. The van der Waals surface area contributed by atoms with E-state index >= 15 is 0 Å². The van der Waals surface area contributed by atoms with E-state index in [-0.39, 0.29) is 12.5 Å². The highest BCUT2D eigenvalue weighted by atomic mass is 28.4. The first-order valence-electron chi connectivity index (χ1n) is 9.08. The van der Waals surface area contributed by atoms with Crippen LogP contribution >= 0.6 is 0 Å². The van der Waals surface area contributed by atoms with Crippen molar-refractivity contribution in [2.45, 2.75) is 77.2 Å². The lowest BCUT2D eigenvalue weighted by molar-refractivity contribution is -0.134. The summed E-state index contributed by atoms with van der Waals surface area (Å²) in [6, 6.07) is 0.907. The van der Waals surface area contributed by atoms with Crippen molar-refractivity contribution in [3.05, 3.63) is 0 Å². The number of rotatable bonds is 12. The normalized spacial score (nSPS) is 13.2. The highest BCUT2D eigenvalue weighted by Gasteiger charge is 2.48. The molecule has 0 aromatic carbocycles. The molecule has 0 aliphatic rings. The third-order valence-electron chi connectivity index (χ3n) is 5.12. The van der Waals surface area contributed by atoms with Crippen molar-refractivity contribution < 1.29 is 18.1 Å². The van der Waals surface area contributed by atoms with Crippen LogP contribution in [-0.4, -0.2) is 50.2 Å². The minimum atomic E-state index is -2.12. The lowest BCUT2D eigenvalue weighted by atomic mass is 10.5. The van der Waals surface area contributed by atoms with E-state index in [0.29, 0.717) is 16.6 Å². The zero-order valence-electron chi connectivity index (χ0n) is 17.2. The van der Waals surface area contributed by atoms with Gasteiger partial charge >= 0.3 is 14.5 Å². The summed E-state index contributed by atoms with van der Waals surface area (Å²) in [6.07, 6.45) is 0.929. The molecular weight excluding hydrogens is 338 g/mol. The van der Waals surface area contributed by atoms with Gasteiger partial charge in [0.2, 0.25) is 0 Å². The maximum atomic E-state index is 12.4. The molecule has 1 N–H and O–H groups in total. The lowest BCUT2D eigenvalue weighted by Gasteiger charge is -2.41. The van der Waals surface area contributed by atoms with E-state index in [1.807, 2.05) is 0 Å². The fraction of sp³-hybridized carbons (Fsp3) is 0.941. The predicted octanol–water partition coefficient (Wildman–Crippen LogP) is 4.05. The maximum absolute atomic E-state index is 12.4. The molecule has 0 saturated carbocycles. The van der Waals surface area contributed by atoms with Gasteiger partial charge in [0.25, 0.3) is 8.32 Å². The molecule has 0 bridgehead atoms. The SMILES string of the molecule is CO[Si](C)(CCCNCC(=O)O[Si](C(C)C)(C(C)C)C(C)C)OC. The summed E-state index contributed by atoms with van der Waals surface area (Å²) >= 11 is 0. The number of carbonyl (C=O) groups is 1. The summed E-state index contributed by atoms with van der Waals surface area (Å²) in [5.41, 5.74) is 1.24. The van der Waals surface area contributed by atoms with Gasteiger partial charge in [-0.15, -0.1) is 0 Å². The molecule has 0 atom stereocenters. The van der Waals surface area contributed by atoms with Crippen LogP contribution in [0.15, 0.2) is 0 Å². The van der Waals surface area contributed by atoms with Gasteiger partial charge in [-0.2, -0.15) is 0 Å². The Morgan fingerprint density at radius 1 is 0.958 bits per heavy atom. The average Bonchev–Trinajstić information content (AvgIpc) is 2.50. The molecule has 144 valence electrons. The van der Waals surface area contributed by atoms with Gasteiger partial charge in [0, 0.05) is 14.2 Å². The van der Waals surface area contributed by atoms with E-state index in [4.69, 9.17) is 13.3 Å². The Hall–Kier alpha value is -0.216. The van der Waals surface area contributed by atoms with E-state index in [1.165, 1.54) is 0 Å². The Bertz CT molecular complexity index is 350. The number of hydrogen-bond acceptors (Lipinski definition) is 5. The van der Waals surface area contributed by atoms with E-state index in [0.717, 1.165) is 19.0 Å². The summed E-state index contributed by atoms with van der Waals surface area (Å²) in [7, 11) is -0.724. The van der Waals surface area contributed by atoms with Crippen LogP contribution in [-0.2, 0) is 18.1 Å². The summed E-state index contributed by atoms with van der Waals surface area (Å²) in [6.45, 7) is 16.2. The monoisotopic (exact) mass is 377 g/mol. The molecule has 5 nitrogen and oxygen atoms in total. The molecule has 0 aromatic heterocycles. The number of nitrogens with one attached hydrogen (secondary N) is 1. The summed E-state index contributed by atoms with van der Waals surface area (Å²) < 4.78 is 17.0. The van der Waals surface area contributed by atoms with Gasteiger partial charge in [-0.25, -0.2) is 0 Å². The first-order valence-corrected chi connectivity index (χ1v) is 13.7. The smallest absolute Gasteiger partial charge is 0.334 e. The summed E-state index contributed by atoms with van der Waals surface area (Å²) in [5, 5.41) is 3.20. The minimum Gasteiger partial charge on any atom is -0.517 e. The van der Waals surface area contributed by atoms with E-state index in [1.54, 1.807) is 14.2 Å². The van der Waals surface area contributed by atoms with Crippen molar-refractivity contribution in [2.24, 2.45) is 0 Å². The quantitative estimate of drug-likeness (QED) is 0.411. The maximum Gasteiger partial charge on any atom is 0.334 e. The first kappa shape index (κ1) is 23.8. The standard InChI is InChI=1S/C17H39NO4Si2/c1-14(2)24(15(3)4,16(5)6)22-17(19)13-18-11-10-12-23(9,20-7)21-8/h14-16,18H,10-13H2,1-9H3. The molecule has 0 aliphatic heterocycles. The molecule has 0 aliphatic carbocycles. The molecular formula is C17H39NO4Si2. The number of carbonyl (C=O) groups excluding carboxylic acids is 1. The van der Waals surface area contributed by atoms with E-state index < -0.39 is 16.9 Å². The molecule has 0 saturated heterocycles. The molecule has 0 heterocycles. The van der Waals surface area contributed by atoms with Crippen LogP contribution in [0.1, 0.15) is 48.0 Å². The van der Waals surface area contributed by atoms with Crippen LogP contribution in [0.4, 0.5) is 0 Å². The Morgan fingerprint density at radius 3 is 1.79 bits per heavy atom. The van der Waals surface area contributed by atoms with Crippen molar-refractivity contribution in [3.63, 3.8) is 0 Å². The van der Waals surface area contributed by atoms with Crippen molar-refractivity contribution in [3.8, 4) is 0 Å². The Kier molecular flexibility index (Phi) is 10.6. The van der Waals surface area contributed by atoms with Crippen LogP contribution in [0.3, 0.4) is 0 Å². The molecule has 0 unspecified atom stereocenters. The van der Waals surface area contributed by atoms with Crippen LogP contribution in [0.25, 0.3) is 0 Å². The van der Waals surface area contributed by atoms with Gasteiger partial charge < -0.3 is 18.6 Å². The molecule has 7 heteroatoms. The molecule has 0 radical (unpaired) electrons. The Balaban J connectivity index is 4.43. The molecule has 0 fully saturated rings. The van der Waals surface area contributed by atoms with Gasteiger partial charge in [-0.05, 0) is 42.2 Å². The highest BCUT2D eigenvalue weighted by molar-refractivity contribution is 6.78. The van der Waals surface area contributed by atoms with Crippen molar-refractivity contribution in [1.29, 1.82) is 0 Å². The molecule has 0 amide bonds. The lowest BCUT2D eigenvalue weighted by Crippen LogP contribution is -2.50. The fourth-order valence-electron chi connectivity index (χ4n) is 3.60. The zero-order chi connectivity index (χ0) is 19.0. The third kappa shape index (κ3) is 6.59. The topological polar surface area (TPSA) is 56.8 Å². The molecule has 0 aromatic rings. The summed E-state index contributed by atoms with van der Waals surface area (Å²) in [5.74, 6) is -0.115. The second-order valence-electron chi connectivity index (χ2n) is 7.61. The molecule has 0 spiro atoms. The van der Waals surface area contributed by atoms with Gasteiger partial charge in [0.1, 0.15) is 0 Å². The van der Waals surface area contributed by atoms with Crippen LogP contribution in [0, 0.1) is 0 Å². The highest BCUT2D eigenvalue weighted by Crippen LogP contribution is 2.42. The fourth-order valence-corrected chi connectivity index (χ4v) is 10.2. The molecule has 24 heavy (non-hydrogen) atoms. The average molecular weight is 378 g/mol. The predicted molar refractivity (Wildman–Crippen MR) is 105 cm³/mol. The Morgan fingerprint density at radius 2 is 1.42 bits per heavy atom. The van der Waals surface area contributed by atoms with Crippen molar-refractivity contribution in [2.75, 3.05) is 27.3 Å². The van der Waals surface area contributed by atoms with Crippen LogP contribution in [0.2, 0.25) is 29.2 Å². The second-order valence-corrected chi connectivity index (χ2v) is 16.6. The van der Waals surface area contributed by atoms with Gasteiger partial charge in [-0.1, -0.05) is 41.5 Å². The van der Waals surface area contributed by atoms with E-state index in [2.05, 4.69) is 53.4 Å². The van der Waals surface area contributed by atoms with Gasteiger partial charge in [-0.3, -0.25) is 4.79 Å². The zero-order valence-corrected chi connectivity index (χ0v) is 19.2. The first-order chi connectivity index (χ1) is 11.1. The van der Waals surface area contributed by atoms with Crippen molar-refractivity contribution in [1.82, 2.24) is 5.32 Å². The minimum absolute atomic E-state index is 0.115. The van der Waals surface area contributed by atoms with Gasteiger partial charge in [0.15, 0.2) is 0 Å². The van der Waals surface area contributed by atoms with Crippen LogP contribution < -0.4 is 5.32 Å². The Labute approximate surface area is 151 Å². The number of hydrogen-bond donors (Lipinski definition) is 1. The van der Waals surface area contributed by atoms with Gasteiger partial charge in [0.05, 0.1) is 6.54 Å². The van der Waals surface area contributed by atoms with Crippen LogP contribution in [0.5, 0.6) is 0 Å². The largest absolute Gasteiger partial charge is 0.517 e.